The minimum Gasteiger partial charge on any atom is -0.348 e. The molecule has 2 aromatic carbocycles. The van der Waals surface area contributed by atoms with Crippen LogP contribution in [0.3, 0.4) is 0 Å². The van der Waals surface area contributed by atoms with Crippen molar-refractivity contribution in [3.8, 4) is 0 Å². The average Bonchev–Trinajstić information content (AvgIpc) is 3.35. The molecule has 172 valence electrons. The van der Waals surface area contributed by atoms with Crippen molar-refractivity contribution in [3.63, 3.8) is 0 Å². The first-order valence-corrected chi connectivity index (χ1v) is 13.1. The molecule has 1 amide bonds. The van der Waals surface area contributed by atoms with Gasteiger partial charge in [-0.05, 0) is 74.5 Å². The minimum absolute atomic E-state index is 0.234. The fourth-order valence-electron chi connectivity index (χ4n) is 4.61. The fraction of sp³-hybridized carbons (Fsp3) is 0.480. The van der Waals surface area contributed by atoms with Gasteiger partial charge in [-0.3, -0.25) is 9.69 Å². The third-order valence-electron chi connectivity index (χ3n) is 6.53. The number of likely N-dealkylation sites (tertiary alicyclic amines) is 1. The van der Waals surface area contributed by atoms with Crippen molar-refractivity contribution in [2.45, 2.75) is 57.0 Å². The van der Waals surface area contributed by atoms with Gasteiger partial charge in [-0.1, -0.05) is 36.8 Å². The third kappa shape index (κ3) is 5.22. The average molecular weight is 456 g/mol. The van der Waals surface area contributed by atoms with E-state index in [0.29, 0.717) is 30.8 Å². The van der Waals surface area contributed by atoms with Crippen LogP contribution in [0.2, 0.25) is 0 Å². The van der Waals surface area contributed by atoms with Crippen molar-refractivity contribution in [1.82, 2.24) is 14.5 Å². The van der Waals surface area contributed by atoms with Crippen LogP contribution in [0.5, 0.6) is 0 Å². The van der Waals surface area contributed by atoms with Crippen LogP contribution < -0.4 is 5.32 Å². The molecular formula is C25H33N3O3S. The molecule has 7 heteroatoms. The van der Waals surface area contributed by atoms with Crippen molar-refractivity contribution in [1.29, 1.82) is 0 Å². The highest BCUT2D eigenvalue weighted by Gasteiger charge is 2.29. The molecule has 32 heavy (non-hydrogen) atoms. The standard InChI is InChI=1S/C25H33N3O3S/c1-20-11-12-21(17-24(20)32(30,31)28-15-7-8-16-28)25(29)26-18-22-9-3-4-10-23(22)19-27-13-5-2-6-14-27/h3-4,9-12,17H,2,5-8,13-16,18-19H2,1H3,(H,26,29). The molecule has 2 aliphatic heterocycles. The number of nitrogens with zero attached hydrogens (tertiary/aromatic N) is 2. The van der Waals surface area contributed by atoms with Gasteiger partial charge in [0.05, 0.1) is 4.90 Å². The van der Waals surface area contributed by atoms with Gasteiger partial charge in [0, 0.05) is 31.7 Å². The zero-order valence-corrected chi connectivity index (χ0v) is 19.7. The van der Waals surface area contributed by atoms with E-state index in [4.69, 9.17) is 0 Å². The monoisotopic (exact) mass is 455 g/mol. The summed E-state index contributed by atoms with van der Waals surface area (Å²) in [6.07, 6.45) is 5.56. The lowest BCUT2D eigenvalue weighted by Crippen LogP contribution is -2.30. The van der Waals surface area contributed by atoms with Crippen LogP contribution in [-0.4, -0.2) is 49.7 Å². The molecule has 1 N–H and O–H groups in total. The summed E-state index contributed by atoms with van der Waals surface area (Å²) in [4.78, 5) is 15.6. The first-order valence-electron chi connectivity index (χ1n) is 11.6. The summed E-state index contributed by atoms with van der Waals surface area (Å²) in [5.41, 5.74) is 3.38. The molecule has 2 saturated heterocycles. The number of carbonyl (C=O) groups is 1. The zero-order chi connectivity index (χ0) is 22.6. The second-order valence-electron chi connectivity index (χ2n) is 8.88. The highest BCUT2D eigenvalue weighted by Crippen LogP contribution is 2.25. The van der Waals surface area contributed by atoms with Crippen LogP contribution in [0.1, 0.15) is 59.2 Å². The molecule has 0 spiro atoms. The number of piperidine rings is 1. The third-order valence-corrected chi connectivity index (χ3v) is 8.57. The Balaban J connectivity index is 1.46. The predicted octanol–water partition coefficient (Wildman–Crippen LogP) is 3.70. The number of nitrogens with one attached hydrogen (secondary N) is 1. The molecule has 2 aromatic rings. The zero-order valence-electron chi connectivity index (χ0n) is 18.8. The summed E-state index contributed by atoms with van der Waals surface area (Å²) in [5, 5.41) is 2.99. The van der Waals surface area contributed by atoms with Gasteiger partial charge in [0.25, 0.3) is 5.91 Å². The predicted molar refractivity (Wildman–Crippen MR) is 126 cm³/mol. The van der Waals surface area contributed by atoms with Gasteiger partial charge in [-0.2, -0.15) is 4.31 Å². The van der Waals surface area contributed by atoms with Crippen LogP contribution in [0.4, 0.5) is 0 Å². The molecule has 0 radical (unpaired) electrons. The lowest BCUT2D eigenvalue weighted by molar-refractivity contribution is 0.0950. The number of hydrogen-bond acceptors (Lipinski definition) is 4. The second-order valence-corrected chi connectivity index (χ2v) is 10.8. The topological polar surface area (TPSA) is 69.7 Å². The maximum absolute atomic E-state index is 13.0. The van der Waals surface area contributed by atoms with Crippen LogP contribution in [0, 0.1) is 6.92 Å². The molecular weight excluding hydrogens is 422 g/mol. The number of benzene rings is 2. The molecule has 0 aliphatic carbocycles. The molecule has 2 heterocycles. The van der Waals surface area contributed by atoms with Gasteiger partial charge < -0.3 is 5.32 Å². The summed E-state index contributed by atoms with van der Waals surface area (Å²) >= 11 is 0. The summed E-state index contributed by atoms with van der Waals surface area (Å²) < 4.78 is 27.6. The van der Waals surface area contributed by atoms with Gasteiger partial charge >= 0.3 is 0 Å². The van der Waals surface area contributed by atoms with Crippen molar-refractivity contribution in [2.24, 2.45) is 0 Å². The Morgan fingerprint density at radius 1 is 0.906 bits per heavy atom. The highest BCUT2D eigenvalue weighted by atomic mass is 32.2. The number of carbonyl (C=O) groups excluding carboxylic acids is 1. The van der Waals surface area contributed by atoms with E-state index < -0.39 is 10.0 Å². The number of aryl methyl sites for hydroxylation is 1. The summed E-state index contributed by atoms with van der Waals surface area (Å²) in [5.74, 6) is -0.254. The first kappa shape index (κ1) is 23.0. The number of hydrogen-bond donors (Lipinski definition) is 1. The Bertz CT molecular complexity index is 1060. The minimum atomic E-state index is -3.57. The van der Waals surface area contributed by atoms with Gasteiger partial charge in [0.15, 0.2) is 0 Å². The highest BCUT2D eigenvalue weighted by molar-refractivity contribution is 7.89. The Kier molecular flexibility index (Phi) is 7.28. The van der Waals surface area contributed by atoms with E-state index >= 15 is 0 Å². The van der Waals surface area contributed by atoms with E-state index in [0.717, 1.165) is 38.0 Å². The molecule has 4 rings (SSSR count). The van der Waals surface area contributed by atoms with Crippen molar-refractivity contribution >= 4 is 15.9 Å². The SMILES string of the molecule is Cc1ccc(C(=O)NCc2ccccc2CN2CCCCC2)cc1S(=O)(=O)N1CCCC1. The largest absolute Gasteiger partial charge is 0.348 e. The fourth-order valence-corrected chi connectivity index (χ4v) is 6.37. The molecule has 0 aromatic heterocycles. The summed E-state index contributed by atoms with van der Waals surface area (Å²) in [6.45, 7) is 6.44. The van der Waals surface area contributed by atoms with E-state index in [9.17, 15) is 13.2 Å². The molecule has 2 aliphatic rings. The number of amides is 1. The lowest BCUT2D eigenvalue weighted by Gasteiger charge is -2.27. The van der Waals surface area contributed by atoms with E-state index in [1.165, 1.54) is 35.2 Å². The molecule has 0 bridgehead atoms. The summed E-state index contributed by atoms with van der Waals surface area (Å²) in [6, 6.07) is 13.2. The first-order chi connectivity index (χ1) is 15.4. The Labute approximate surface area is 191 Å². The van der Waals surface area contributed by atoms with Crippen molar-refractivity contribution < 1.29 is 13.2 Å². The van der Waals surface area contributed by atoms with Gasteiger partial charge in [-0.25, -0.2) is 8.42 Å². The van der Waals surface area contributed by atoms with Gasteiger partial charge in [0.1, 0.15) is 0 Å². The molecule has 0 atom stereocenters. The maximum Gasteiger partial charge on any atom is 0.251 e. The van der Waals surface area contributed by atoms with E-state index in [1.54, 1.807) is 19.1 Å². The lowest BCUT2D eigenvalue weighted by atomic mass is 10.0. The summed E-state index contributed by atoms with van der Waals surface area (Å²) in [7, 11) is -3.57. The van der Waals surface area contributed by atoms with E-state index in [1.807, 2.05) is 12.1 Å². The number of sulfonamides is 1. The molecule has 6 nitrogen and oxygen atoms in total. The Morgan fingerprint density at radius 2 is 1.56 bits per heavy atom. The Morgan fingerprint density at radius 3 is 2.28 bits per heavy atom. The number of rotatable bonds is 7. The molecule has 2 fully saturated rings. The molecule has 0 unspecified atom stereocenters. The van der Waals surface area contributed by atoms with Crippen LogP contribution >= 0.6 is 0 Å². The maximum atomic E-state index is 13.0. The van der Waals surface area contributed by atoms with E-state index in [2.05, 4.69) is 22.3 Å². The van der Waals surface area contributed by atoms with Gasteiger partial charge in [-0.15, -0.1) is 0 Å². The van der Waals surface area contributed by atoms with Crippen molar-refractivity contribution in [3.05, 3.63) is 64.7 Å². The van der Waals surface area contributed by atoms with Gasteiger partial charge in [0.2, 0.25) is 10.0 Å². The Hall–Kier alpha value is -2.22. The van der Waals surface area contributed by atoms with Crippen LogP contribution in [-0.2, 0) is 23.1 Å². The second kappa shape index (κ2) is 10.1. The van der Waals surface area contributed by atoms with E-state index in [-0.39, 0.29) is 10.8 Å². The van der Waals surface area contributed by atoms with Crippen LogP contribution in [0.15, 0.2) is 47.4 Å². The normalized spacial score (nSPS) is 18.0. The molecule has 0 saturated carbocycles. The quantitative estimate of drug-likeness (QED) is 0.691. The van der Waals surface area contributed by atoms with Crippen molar-refractivity contribution in [2.75, 3.05) is 26.2 Å². The smallest absolute Gasteiger partial charge is 0.251 e. The van der Waals surface area contributed by atoms with Crippen LogP contribution in [0.25, 0.3) is 0 Å².